The molecule has 0 saturated carbocycles. The van der Waals surface area contributed by atoms with Gasteiger partial charge < -0.3 is 14.4 Å². The minimum atomic E-state index is -0.871. The average Bonchev–Trinajstić information content (AvgIpc) is 3.28. The van der Waals surface area contributed by atoms with Gasteiger partial charge in [0.05, 0.1) is 25.5 Å². The summed E-state index contributed by atoms with van der Waals surface area (Å²) in [7, 11) is -0.871. The Kier molecular flexibility index (Phi) is 8.45. The first-order valence-electron chi connectivity index (χ1n) is 11.7. The van der Waals surface area contributed by atoms with Crippen LogP contribution < -0.4 is 14.7 Å². The van der Waals surface area contributed by atoms with Crippen molar-refractivity contribution < 1.29 is 19.1 Å². The molecule has 2 aromatic heterocycles. The fraction of sp³-hybridized carbons (Fsp3) is 0.458. The van der Waals surface area contributed by atoms with E-state index in [-0.39, 0.29) is 11.9 Å². The predicted octanol–water partition coefficient (Wildman–Crippen LogP) is 2.88. The Bertz CT molecular complexity index is 1060. The van der Waals surface area contributed by atoms with Gasteiger partial charge >= 0.3 is 5.30 Å². The highest BCUT2D eigenvalue weighted by Gasteiger charge is 2.40. The van der Waals surface area contributed by atoms with E-state index in [1.54, 1.807) is 24.4 Å². The molecule has 11 heteroatoms. The molecule has 0 aromatic carbocycles. The summed E-state index contributed by atoms with van der Waals surface area (Å²) in [6, 6.07) is 5.79. The number of carbonyl (C=O) groups is 1. The minimum Gasteiger partial charge on any atom is -0.457 e. The van der Waals surface area contributed by atoms with Crippen LogP contribution in [0.2, 0.25) is 0 Å². The summed E-state index contributed by atoms with van der Waals surface area (Å²) in [6.07, 6.45) is 5.89. The van der Waals surface area contributed by atoms with Crippen LogP contribution in [0.1, 0.15) is 25.1 Å². The third-order valence-electron chi connectivity index (χ3n) is 5.57. The fourth-order valence-electron chi connectivity index (χ4n) is 3.79. The molecule has 4 heterocycles. The van der Waals surface area contributed by atoms with Crippen molar-refractivity contribution in [2.24, 2.45) is 0 Å². The van der Waals surface area contributed by atoms with Crippen molar-refractivity contribution in [2.75, 3.05) is 49.4 Å². The number of allylic oxidation sites excluding steroid dienone is 1. The maximum atomic E-state index is 12.4. The summed E-state index contributed by atoms with van der Waals surface area (Å²) in [5.74, 6) is 1.23. The van der Waals surface area contributed by atoms with Gasteiger partial charge in [0.1, 0.15) is 18.0 Å². The van der Waals surface area contributed by atoms with Gasteiger partial charge in [0.2, 0.25) is 0 Å². The third kappa shape index (κ3) is 6.23. The Labute approximate surface area is 208 Å². The minimum absolute atomic E-state index is 0.270. The first kappa shape index (κ1) is 25.2. The molecule has 0 spiro atoms. The van der Waals surface area contributed by atoms with Gasteiger partial charge in [0.15, 0.2) is 0 Å². The molecule has 10 nitrogen and oxygen atoms in total. The lowest BCUT2D eigenvalue weighted by molar-refractivity contribution is 0.0622. The number of hydroxylamine groups is 1. The molecular formula is C24H32N6O4S. The van der Waals surface area contributed by atoms with E-state index in [4.69, 9.17) is 24.3 Å². The van der Waals surface area contributed by atoms with Crippen molar-refractivity contribution in [3.8, 4) is 0 Å². The summed E-state index contributed by atoms with van der Waals surface area (Å²) in [4.78, 5) is 34.9. The number of nitrogens with zero attached hydrogens (tertiary/aromatic N) is 5. The number of nitrogens with one attached hydrogen (secondary N) is 1. The van der Waals surface area contributed by atoms with E-state index >= 15 is 0 Å². The van der Waals surface area contributed by atoms with Gasteiger partial charge in [-0.3, -0.25) is 14.5 Å². The summed E-state index contributed by atoms with van der Waals surface area (Å²) in [6.45, 7) is 11.5. The highest BCUT2D eigenvalue weighted by atomic mass is 32.2. The fourth-order valence-corrected chi connectivity index (χ4v) is 5.47. The van der Waals surface area contributed by atoms with E-state index < -0.39 is 16.2 Å². The van der Waals surface area contributed by atoms with Crippen LogP contribution in [0, 0.1) is 0 Å². The quantitative estimate of drug-likeness (QED) is 0.239. The number of carbonyl (C=O) groups excluding carboxylic acids is 1. The monoisotopic (exact) mass is 500 g/mol. The third-order valence-corrected chi connectivity index (χ3v) is 7.25. The lowest BCUT2D eigenvalue weighted by atomic mass is 10.1. The van der Waals surface area contributed by atoms with Crippen LogP contribution >= 0.6 is 10.7 Å². The molecule has 35 heavy (non-hydrogen) atoms. The van der Waals surface area contributed by atoms with Crippen molar-refractivity contribution in [1.29, 1.82) is 0 Å². The average molecular weight is 501 g/mol. The molecule has 1 N–H and O–H groups in total. The number of morpholine rings is 1. The van der Waals surface area contributed by atoms with Crippen molar-refractivity contribution in [1.82, 2.24) is 19.7 Å². The zero-order valence-electron chi connectivity index (χ0n) is 20.2. The molecule has 0 radical (unpaired) electrons. The second-order valence-corrected chi connectivity index (χ2v) is 9.89. The van der Waals surface area contributed by atoms with Crippen molar-refractivity contribution in [3.63, 3.8) is 0 Å². The van der Waals surface area contributed by atoms with Gasteiger partial charge in [-0.25, -0.2) is 14.8 Å². The van der Waals surface area contributed by atoms with Crippen LogP contribution in [0.15, 0.2) is 43.2 Å². The Hall–Kier alpha value is -2.86. The van der Waals surface area contributed by atoms with E-state index in [9.17, 15) is 4.79 Å². The van der Waals surface area contributed by atoms with E-state index in [1.807, 2.05) is 36.6 Å². The molecule has 2 aromatic rings. The second-order valence-electron chi connectivity index (χ2n) is 8.36. The maximum absolute atomic E-state index is 12.4. The molecule has 0 amide bonds. The Morgan fingerprint density at radius 2 is 2.23 bits per heavy atom. The molecule has 2 aliphatic heterocycles. The van der Waals surface area contributed by atoms with E-state index in [0.717, 1.165) is 30.2 Å². The van der Waals surface area contributed by atoms with Crippen LogP contribution in [0.25, 0.3) is 0 Å². The topological polar surface area (TPSA) is 102 Å². The molecular weight excluding hydrogens is 468 g/mol. The van der Waals surface area contributed by atoms with Gasteiger partial charge in [-0.05, 0) is 41.5 Å². The SMILES string of the molecule is C=CCc1cc(N2CCOCC2)nc(N(OCc2cccnc2)C2(C)C=S(C(=O)OCC)NC2)n1. The standard InChI is InChI=1S/C24H32N6O4S/c1-4-7-20-14-21(29-10-12-32-13-11-29)28-22(27-20)30(34-16-19-8-6-9-25-15-19)24(3)17-26-35(18-24)23(31)33-5-2/h4,6,8-9,14-15,18,26H,1,5,7,10-13,16-17H2,2-3H3. The molecule has 1 fully saturated rings. The zero-order chi connectivity index (χ0) is 24.7. The summed E-state index contributed by atoms with van der Waals surface area (Å²) < 4.78 is 14.0. The number of hydrogen-bond donors (Lipinski definition) is 1. The van der Waals surface area contributed by atoms with Crippen LogP contribution in [0.3, 0.4) is 0 Å². The van der Waals surface area contributed by atoms with Crippen molar-refractivity contribution in [3.05, 3.63) is 54.5 Å². The highest BCUT2D eigenvalue weighted by Crippen LogP contribution is 2.31. The normalized spacial score (nSPS) is 21.9. The summed E-state index contributed by atoms with van der Waals surface area (Å²) >= 11 is 0. The van der Waals surface area contributed by atoms with Crippen molar-refractivity contribution in [2.45, 2.75) is 32.4 Å². The predicted molar refractivity (Wildman–Crippen MR) is 138 cm³/mol. The molecule has 4 rings (SSSR count). The zero-order valence-corrected chi connectivity index (χ0v) is 21.0. The Morgan fingerprint density at radius 1 is 1.40 bits per heavy atom. The Morgan fingerprint density at radius 3 is 2.94 bits per heavy atom. The summed E-state index contributed by atoms with van der Waals surface area (Å²) in [5.41, 5.74) is 1.04. The smallest absolute Gasteiger partial charge is 0.375 e. The molecule has 188 valence electrons. The number of rotatable bonds is 9. The van der Waals surface area contributed by atoms with Gasteiger partial charge in [0, 0.05) is 44.5 Å². The molecule has 0 aliphatic carbocycles. The number of aromatic nitrogens is 3. The second kappa shape index (κ2) is 11.7. The molecule has 2 unspecified atom stereocenters. The van der Waals surface area contributed by atoms with Gasteiger partial charge in [-0.2, -0.15) is 4.98 Å². The highest BCUT2D eigenvalue weighted by molar-refractivity contribution is 8.26. The molecule has 1 saturated heterocycles. The number of ether oxygens (including phenoxy) is 2. The van der Waals surface area contributed by atoms with Gasteiger partial charge in [-0.15, -0.1) is 6.58 Å². The maximum Gasteiger partial charge on any atom is 0.375 e. The number of hydrogen-bond acceptors (Lipinski definition) is 10. The first-order chi connectivity index (χ1) is 17.0. The lowest BCUT2D eigenvalue weighted by Crippen LogP contribution is -2.51. The molecule has 2 atom stereocenters. The van der Waals surface area contributed by atoms with Crippen molar-refractivity contribution >= 4 is 33.1 Å². The van der Waals surface area contributed by atoms with Crippen LogP contribution in [-0.4, -0.2) is 70.6 Å². The summed E-state index contributed by atoms with van der Waals surface area (Å²) in [5, 5.41) is 3.33. The Balaban J connectivity index is 1.71. The van der Waals surface area contributed by atoms with E-state index in [1.165, 1.54) is 0 Å². The first-order valence-corrected chi connectivity index (χ1v) is 12.9. The number of anilines is 2. The van der Waals surface area contributed by atoms with Gasteiger partial charge in [-0.1, -0.05) is 12.1 Å². The van der Waals surface area contributed by atoms with Crippen LogP contribution in [0.5, 0.6) is 0 Å². The number of pyridine rings is 1. The van der Waals surface area contributed by atoms with E-state index in [0.29, 0.717) is 38.7 Å². The van der Waals surface area contributed by atoms with Crippen LogP contribution in [-0.2, 0) is 27.3 Å². The largest absolute Gasteiger partial charge is 0.457 e. The van der Waals surface area contributed by atoms with Crippen LogP contribution in [0.4, 0.5) is 16.6 Å². The van der Waals surface area contributed by atoms with E-state index in [2.05, 4.69) is 21.2 Å². The molecule has 0 bridgehead atoms. The van der Waals surface area contributed by atoms with Gasteiger partial charge in [0.25, 0.3) is 5.95 Å². The lowest BCUT2D eigenvalue weighted by Gasteiger charge is -2.36. The molecule has 2 aliphatic rings.